The molecule has 1 N–H and O–H groups in total. The summed E-state index contributed by atoms with van der Waals surface area (Å²) in [7, 11) is 1.72. The predicted octanol–water partition coefficient (Wildman–Crippen LogP) is 3.89. The van der Waals surface area contributed by atoms with E-state index in [1.165, 1.54) is 36.1 Å². The van der Waals surface area contributed by atoms with Crippen LogP contribution >= 0.6 is 0 Å². The number of anilines is 1. The number of hydrogen-bond acceptors (Lipinski definition) is 2. The van der Waals surface area contributed by atoms with Crippen molar-refractivity contribution in [2.75, 3.05) is 12.4 Å². The molecule has 1 unspecified atom stereocenters. The zero-order valence-corrected chi connectivity index (χ0v) is 11.8. The lowest BCUT2D eigenvalue weighted by molar-refractivity contribution is 0.414. The van der Waals surface area contributed by atoms with Crippen molar-refractivity contribution in [2.24, 2.45) is 0 Å². The Labute approximate surface area is 119 Å². The quantitative estimate of drug-likeness (QED) is 0.889. The summed E-state index contributed by atoms with van der Waals surface area (Å²) in [6, 6.07) is 13.7. The lowest BCUT2D eigenvalue weighted by Gasteiger charge is -2.13. The average Bonchev–Trinajstić information content (AvgIpc) is 3.11. The van der Waals surface area contributed by atoms with Crippen molar-refractivity contribution >= 4 is 5.69 Å². The largest absolute Gasteiger partial charge is 0.497 e. The SMILES string of the molecule is COc1ccc2c(c1)CC(c1ccc3c(c1)CCC3)N2. The molecule has 4 rings (SSSR count). The Morgan fingerprint density at radius 1 is 1.00 bits per heavy atom. The highest BCUT2D eigenvalue weighted by Gasteiger charge is 2.23. The summed E-state index contributed by atoms with van der Waals surface area (Å²) in [4.78, 5) is 0. The summed E-state index contributed by atoms with van der Waals surface area (Å²) in [5.74, 6) is 0.945. The molecule has 0 bridgehead atoms. The zero-order chi connectivity index (χ0) is 13.5. The molecule has 2 heteroatoms. The minimum Gasteiger partial charge on any atom is -0.497 e. The monoisotopic (exact) mass is 265 g/mol. The van der Waals surface area contributed by atoms with E-state index < -0.39 is 0 Å². The number of methoxy groups -OCH3 is 1. The molecule has 1 aliphatic heterocycles. The molecule has 1 aliphatic carbocycles. The third-order valence-corrected chi connectivity index (χ3v) is 4.59. The Morgan fingerprint density at radius 3 is 2.80 bits per heavy atom. The van der Waals surface area contributed by atoms with Gasteiger partial charge in [0.25, 0.3) is 0 Å². The molecule has 2 aromatic rings. The molecular weight excluding hydrogens is 246 g/mol. The van der Waals surface area contributed by atoms with Gasteiger partial charge in [-0.3, -0.25) is 0 Å². The molecule has 2 nitrogen and oxygen atoms in total. The fourth-order valence-electron chi connectivity index (χ4n) is 3.48. The van der Waals surface area contributed by atoms with Crippen LogP contribution in [0.25, 0.3) is 0 Å². The van der Waals surface area contributed by atoms with Crippen molar-refractivity contribution < 1.29 is 4.74 Å². The molecular formula is C18H19NO. The van der Waals surface area contributed by atoms with E-state index >= 15 is 0 Å². The summed E-state index contributed by atoms with van der Waals surface area (Å²) in [5, 5.41) is 3.64. The Kier molecular flexibility index (Phi) is 2.69. The topological polar surface area (TPSA) is 21.3 Å². The van der Waals surface area contributed by atoms with Gasteiger partial charge in [-0.1, -0.05) is 18.2 Å². The van der Waals surface area contributed by atoms with E-state index in [2.05, 4.69) is 35.6 Å². The van der Waals surface area contributed by atoms with Crippen molar-refractivity contribution in [1.82, 2.24) is 0 Å². The number of nitrogens with one attached hydrogen (secondary N) is 1. The highest BCUT2D eigenvalue weighted by molar-refractivity contribution is 5.60. The Morgan fingerprint density at radius 2 is 1.90 bits per heavy atom. The second kappa shape index (κ2) is 4.55. The van der Waals surface area contributed by atoms with Crippen LogP contribution in [0.1, 0.15) is 34.7 Å². The van der Waals surface area contributed by atoms with Crippen LogP contribution in [-0.2, 0) is 19.3 Å². The summed E-state index contributed by atoms with van der Waals surface area (Å²) >= 11 is 0. The van der Waals surface area contributed by atoms with Gasteiger partial charge < -0.3 is 10.1 Å². The number of aryl methyl sites for hydroxylation is 2. The van der Waals surface area contributed by atoms with Crippen LogP contribution in [-0.4, -0.2) is 7.11 Å². The molecule has 0 fully saturated rings. The molecule has 2 aromatic carbocycles. The first-order valence-corrected chi connectivity index (χ1v) is 7.38. The third kappa shape index (κ3) is 1.87. The number of fused-ring (bicyclic) bond motifs is 2. The van der Waals surface area contributed by atoms with E-state index in [4.69, 9.17) is 4.74 Å². The second-order valence-electron chi connectivity index (χ2n) is 5.81. The van der Waals surface area contributed by atoms with E-state index in [1.54, 1.807) is 18.2 Å². The highest BCUT2D eigenvalue weighted by Crippen LogP contribution is 2.37. The van der Waals surface area contributed by atoms with Crippen molar-refractivity contribution in [3.63, 3.8) is 0 Å². The minimum absolute atomic E-state index is 0.406. The maximum atomic E-state index is 5.31. The molecule has 0 amide bonds. The molecule has 0 aromatic heterocycles. The first-order chi connectivity index (χ1) is 9.83. The van der Waals surface area contributed by atoms with Crippen LogP contribution in [0.5, 0.6) is 5.75 Å². The van der Waals surface area contributed by atoms with E-state index in [-0.39, 0.29) is 0 Å². The number of hydrogen-bond donors (Lipinski definition) is 1. The number of ether oxygens (including phenoxy) is 1. The standard InChI is InChI=1S/C18H19NO/c1-20-16-7-8-17-15(10-16)11-18(19-17)14-6-5-12-3-2-4-13(12)9-14/h5-10,18-19H,2-4,11H2,1H3. The van der Waals surface area contributed by atoms with Gasteiger partial charge in [0.1, 0.15) is 5.75 Å². The van der Waals surface area contributed by atoms with Crippen molar-refractivity contribution in [3.8, 4) is 5.75 Å². The van der Waals surface area contributed by atoms with Gasteiger partial charge in [-0.2, -0.15) is 0 Å². The smallest absolute Gasteiger partial charge is 0.119 e. The molecule has 20 heavy (non-hydrogen) atoms. The van der Waals surface area contributed by atoms with Crippen LogP contribution < -0.4 is 10.1 Å². The molecule has 0 spiro atoms. The van der Waals surface area contributed by atoms with Crippen LogP contribution in [0, 0.1) is 0 Å². The summed E-state index contributed by atoms with van der Waals surface area (Å²) in [6.45, 7) is 0. The van der Waals surface area contributed by atoms with Gasteiger partial charge in [0, 0.05) is 5.69 Å². The van der Waals surface area contributed by atoms with Gasteiger partial charge in [0.2, 0.25) is 0 Å². The molecule has 1 atom stereocenters. The Bertz CT molecular complexity index is 662. The fraction of sp³-hybridized carbons (Fsp3) is 0.333. The predicted molar refractivity (Wildman–Crippen MR) is 81.5 cm³/mol. The van der Waals surface area contributed by atoms with Gasteiger partial charge in [0.05, 0.1) is 13.2 Å². The first-order valence-electron chi connectivity index (χ1n) is 7.38. The van der Waals surface area contributed by atoms with Crippen LogP contribution in [0.3, 0.4) is 0 Å². The van der Waals surface area contributed by atoms with Gasteiger partial charge in [-0.05, 0) is 66.1 Å². The minimum atomic E-state index is 0.406. The van der Waals surface area contributed by atoms with E-state index in [9.17, 15) is 0 Å². The second-order valence-corrected chi connectivity index (χ2v) is 5.81. The van der Waals surface area contributed by atoms with Crippen LogP contribution in [0.15, 0.2) is 36.4 Å². The number of benzene rings is 2. The maximum absolute atomic E-state index is 5.31. The average molecular weight is 265 g/mol. The van der Waals surface area contributed by atoms with Crippen LogP contribution in [0.4, 0.5) is 5.69 Å². The van der Waals surface area contributed by atoms with E-state index in [1.807, 2.05) is 6.07 Å². The fourth-order valence-corrected chi connectivity index (χ4v) is 3.48. The lowest BCUT2D eigenvalue weighted by atomic mass is 9.99. The summed E-state index contributed by atoms with van der Waals surface area (Å²) in [6.07, 6.45) is 4.86. The first kappa shape index (κ1) is 11.8. The molecule has 0 radical (unpaired) electrons. The van der Waals surface area contributed by atoms with E-state index in [0.29, 0.717) is 6.04 Å². The van der Waals surface area contributed by atoms with E-state index in [0.717, 1.165) is 12.2 Å². The summed E-state index contributed by atoms with van der Waals surface area (Å²) in [5.41, 5.74) is 7.12. The molecule has 2 aliphatic rings. The van der Waals surface area contributed by atoms with Crippen molar-refractivity contribution in [2.45, 2.75) is 31.7 Å². The highest BCUT2D eigenvalue weighted by atomic mass is 16.5. The third-order valence-electron chi connectivity index (χ3n) is 4.59. The van der Waals surface area contributed by atoms with Gasteiger partial charge in [0.15, 0.2) is 0 Å². The normalized spacial score (nSPS) is 19.4. The van der Waals surface area contributed by atoms with Crippen LogP contribution in [0.2, 0.25) is 0 Å². The molecule has 0 saturated heterocycles. The van der Waals surface area contributed by atoms with Crippen molar-refractivity contribution in [1.29, 1.82) is 0 Å². The maximum Gasteiger partial charge on any atom is 0.119 e. The van der Waals surface area contributed by atoms with Crippen molar-refractivity contribution in [3.05, 3.63) is 58.7 Å². The number of rotatable bonds is 2. The Balaban J connectivity index is 1.63. The lowest BCUT2D eigenvalue weighted by Crippen LogP contribution is -2.06. The summed E-state index contributed by atoms with van der Waals surface area (Å²) < 4.78 is 5.31. The Hall–Kier alpha value is -1.96. The van der Waals surface area contributed by atoms with Gasteiger partial charge in [-0.25, -0.2) is 0 Å². The molecule has 102 valence electrons. The molecule has 0 saturated carbocycles. The molecule has 1 heterocycles. The zero-order valence-electron chi connectivity index (χ0n) is 11.8. The van der Waals surface area contributed by atoms with Gasteiger partial charge >= 0.3 is 0 Å². The van der Waals surface area contributed by atoms with Gasteiger partial charge in [-0.15, -0.1) is 0 Å².